The predicted octanol–water partition coefficient (Wildman–Crippen LogP) is 0.612. The highest BCUT2D eigenvalue weighted by molar-refractivity contribution is 7.71. The molecule has 1 saturated carbocycles. The molecule has 0 spiro atoms. The molecule has 20 heavy (non-hydrogen) atoms. The molecule has 0 unspecified atom stereocenters. The number of nitrogens with one attached hydrogen (secondary N) is 1. The predicted molar refractivity (Wildman–Crippen MR) is 75.8 cm³/mol. The fourth-order valence-corrected chi connectivity index (χ4v) is 2.48. The van der Waals surface area contributed by atoms with Gasteiger partial charge in [0.05, 0.1) is 32.5 Å². The lowest BCUT2D eigenvalue weighted by Crippen LogP contribution is -2.32. The number of aromatic amines is 1. The fraction of sp³-hybridized carbons (Fsp3) is 0.583. The van der Waals surface area contributed by atoms with Gasteiger partial charge in [0.2, 0.25) is 5.88 Å². The second kappa shape index (κ2) is 5.37. The summed E-state index contributed by atoms with van der Waals surface area (Å²) in [6, 6.07) is 0.190. The molecular weight excluding hydrogens is 280 g/mol. The zero-order valence-electron chi connectivity index (χ0n) is 10.9. The Morgan fingerprint density at radius 3 is 2.75 bits per heavy atom. The summed E-state index contributed by atoms with van der Waals surface area (Å²) in [5.74, 6) is -0.0988. The van der Waals surface area contributed by atoms with Gasteiger partial charge in [0.1, 0.15) is 5.56 Å². The Labute approximate surface area is 120 Å². The summed E-state index contributed by atoms with van der Waals surface area (Å²) in [6.45, 7) is 2.59. The Morgan fingerprint density at radius 1 is 1.40 bits per heavy atom. The number of H-pyrrole nitrogens is 1. The highest BCUT2D eigenvalue weighted by Crippen LogP contribution is 2.37. The van der Waals surface area contributed by atoms with E-state index in [0.29, 0.717) is 26.3 Å². The summed E-state index contributed by atoms with van der Waals surface area (Å²) < 4.78 is 7.08. The first kappa shape index (κ1) is 13.3. The summed E-state index contributed by atoms with van der Waals surface area (Å²) in [6.07, 6.45) is 3.33. The van der Waals surface area contributed by atoms with E-state index in [1.54, 1.807) is 4.57 Å². The summed E-state index contributed by atoms with van der Waals surface area (Å²) in [4.78, 5) is 14.5. The van der Waals surface area contributed by atoms with Crippen LogP contribution in [0.2, 0.25) is 0 Å². The van der Waals surface area contributed by atoms with Crippen molar-refractivity contribution in [2.75, 3.05) is 26.3 Å². The zero-order valence-corrected chi connectivity index (χ0v) is 11.7. The van der Waals surface area contributed by atoms with E-state index in [-0.39, 0.29) is 22.3 Å². The van der Waals surface area contributed by atoms with Crippen molar-refractivity contribution < 1.29 is 9.84 Å². The molecule has 108 valence electrons. The van der Waals surface area contributed by atoms with Crippen LogP contribution in [0.25, 0.3) is 0 Å². The zero-order chi connectivity index (χ0) is 14.1. The van der Waals surface area contributed by atoms with Crippen LogP contribution in [0.4, 0.5) is 0 Å². The van der Waals surface area contributed by atoms with Crippen molar-refractivity contribution in [3.05, 3.63) is 20.7 Å². The molecule has 2 heterocycles. The van der Waals surface area contributed by atoms with Crippen molar-refractivity contribution in [1.82, 2.24) is 14.6 Å². The third-order valence-corrected chi connectivity index (χ3v) is 3.70. The standard InChI is InChI=1S/C12H16N4O3S/c17-10-9(7-13-15-3-5-19-6-4-15)11(18)16(8-1-2-8)12(20)14-10/h7-8,18H,1-6H2,(H,14,17,20). The molecule has 1 aliphatic carbocycles. The molecule has 0 bridgehead atoms. The van der Waals surface area contributed by atoms with E-state index in [0.717, 1.165) is 12.8 Å². The lowest BCUT2D eigenvalue weighted by molar-refractivity contribution is 0.0396. The molecule has 0 amide bonds. The highest BCUT2D eigenvalue weighted by atomic mass is 32.1. The average molecular weight is 296 g/mol. The first-order valence-electron chi connectivity index (χ1n) is 6.61. The topological polar surface area (TPSA) is 82.8 Å². The van der Waals surface area contributed by atoms with Gasteiger partial charge in [-0.05, 0) is 25.1 Å². The SMILES string of the molecule is O=c1[nH]c(=S)n(C2CC2)c(O)c1C=NN1CCOCC1. The molecule has 1 aliphatic heterocycles. The maximum absolute atomic E-state index is 11.9. The smallest absolute Gasteiger partial charge is 0.264 e. The number of aromatic nitrogens is 2. The number of hydrogen-bond donors (Lipinski definition) is 2. The van der Waals surface area contributed by atoms with Crippen LogP contribution in [-0.4, -0.2) is 52.2 Å². The lowest BCUT2D eigenvalue weighted by atomic mass is 10.3. The molecule has 2 N–H and O–H groups in total. The molecule has 0 aromatic carbocycles. The minimum Gasteiger partial charge on any atom is -0.494 e. The number of ether oxygens (including phenoxy) is 1. The van der Waals surface area contributed by atoms with Gasteiger partial charge < -0.3 is 9.84 Å². The van der Waals surface area contributed by atoms with Gasteiger partial charge in [-0.2, -0.15) is 5.10 Å². The normalized spacial score (nSPS) is 19.7. The van der Waals surface area contributed by atoms with Crippen LogP contribution in [0.5, 0.6) is 5.88 Å². The molecule has 2 aliphatic rings. The number of nitrogens with zero attached hydrogens (tertiary/aromatic N) is 3. The van der Waals surface area contributed by atoms with Crippen LogP contribution in [0.15, 0.2) is 9.90 Å². The van der Waals surface area contributed by atoms with Crippen LogP contribution in [-0.2, 0) is 4.74 Å². The molecule has 2 fully saturated rings. The van der Waals surface area contributed by atoms with Gasteiger partial charge in [-0.15, -0.1) is 0 Å². The molecule has 8 heteroatoms. The Bertz CT molecular complexity index is 641. The van der Waals surface area contributed by atoms with Crippen LogP contribution in [0.1, 0.15) is 24.4 Å². The summed E-state index contributed by atoms with van der Waals surface area (Å²) >= 11 is 5.09. The number of hydrazone groups is 1. The monoisotopic (exact) mass is 296 g/mol. The molecule has 1 aromatic rings. The number of morpholine rings is 1. The molecule has 7 nitrogen and oxygen atoms in total. The molecule has 3 rings (SSSR count). The van der Waals surface area contributed by atoms with E-state index in [9.17, 15) is 9.90 Å². The Morgan fingerprint density at radius 2 is 2.10 bits per heavy atom. The van der Waals surface area contributed by atoms with E-state index in [1.807, 2.05) is 5.01 Å². The van der Waals surface area contributed by atoms with Crippen molar-refractivity contribution in [3.8, 4) is 5.88 Å². The minimum atomic E-state index is -0.415. The van der Waals surface area contributed by atoms with Crippen molar-refractivity contribution in [3.63, 3.8) is 0 Å². The van der Waals surface area contributed by atoms with Crippen LogP contribution in [0.3, 0.4) is 0 Å². The summed E-state index contributed by atoms with van der Waals surface area (Å²) in [5.41, 5.74) is -0.265. The fourth-order valence-electron chi connectivity index (χ4n) is 2.15. The van der Waals surface area contributed by atoms with Gasteiger partial charge in [0.15, 0.2) is 4.77 Å². The Hall–Kier alpha value is -1.67. The van der Waals surface area contributed by atoms with E-state index in [4.69, 9.17) is 17.0 Å². The van der Waals surface area contributed by atoms with Gasteiger partial charge in [0.25, 0.3) is 5.56 Å². The van der Waals surface area contributed by atoms with Crippen molar-refractivity contribution in [1.29, 1.82) is 0 Å². The van der Waals surface area contributed by atoms with E-state index in [1.165, 1.54) is 6.21 Å². The Kier molecular flexibility index (Phi) is 3.58. The van der Waals surface area contributed by atoms with Gasteiger partial charge in [-0.25, -0.2) is 0 Å². The van der Waals surface area contributed by atoms with Crippen LogP contribution in [0, 0.1) is 4.77 Å². The molecule has 0 radical (unpaired) electrons. The van der Waals surface area contributed by atoms with Crippen molar-refractivity contribution >= 4 is 18.4 Å². The third-order valence-electron chi connectivity index (χ3n) is 3.40. The number of hydrogen-bond acceptors (Lipinski definition) is 6. The minimum absolute atomic E-state index is 0.0988. The van der Waals surface area contributed by atoms with E-state index in [2.05, 4.69) is 10.1 Å². The largest absolute Gasteiger partial charge is 0.494 e. The van der Waals surface area contributed by atoms with E-state index >= 15 is 0 Å². The summed E-state index contributed by atoms with van der Waals surface area (Å²) in [7, 11) is 0. The molecular formula is C12H16N4O3S. The Balaban J connectivity index is 1.92. The van der Waals surface area contributed by atoms with Crippen molar-refractivity contribution in [2.45, 2.75) is 18.9 Å². The number of aromatic hydroxyl groups is 1. The van der Waals surface area contributed by atoms with Gasteiger partial charge in [0, 0.05) is 6.04 Å². The average Bonchev–Trinajstić information content (AvgIpc) is 3.24. The number of rotatable bonds is 3. The second-order valence-electron chi connectivity index (χ2n) is 4.91. The molecule has 1 saturated heterocycles. The first-order chi connectivity index (χ1) is 9.66. The van der Waals surface area contributed by atoms with Crippen LogP contribution >= 0.6 is 12.2 Å². The van der Waals surface area contributed by atoms with Crippen LogP contribution < -0.4 is 5.56 Å². The van der Waals surface area contributed by atoms with Gasteiger partial charge in [-0.3, -0.25) is 19.4 Å². The summed E-state index contributed by atoms with van der Waals surface area (Å²) in [5, 5.41) is 16.3. The lowest BCUT2D eigenvalue weighted by Gasteiger charge is -2.23. The first-order valence-corrected chi connectivity index (χ1v) is 7.02. The quantitative estimate of drug-likeness (QED) is 0.631. The van der Waals surface area contributed by atoms with Crippen molar-refractivity contribution in [2.24, 2.45) is 5.10 Å². The van der Waals surface area contributed by atoms with Gasteiger partial charge >= 0.3 is 0 Å². The third kappa shape index (κ3) is 2.61. The maximum atomic E-state index is 11.9. The molecule has 1 aromatic heterocycles. The maximum Gasteiger partial charge on any atom is 0.264 e. The van der Waals surface area contributed by atoms with Gasteiger partial charge in [-0.1, -0.05) is 0 Å². The second-order valence-corrected chi connectivity index (χ2v) is 5.30. The molecule has 0 atom stereocenters. The van der Waals surface area contributed by atoms with E-state index < -0.39 is 5.56 Å². The highest BCUT2D eigenvalue weighted by Gasteiger charge is 2.27.